The highest BCUT2D eigenvalue weighted by molar-refractivity contribution is 7.92. The van der Waals surface area contributed by atoms with Crippen molar-refractivity contribution < 1.29 is 8.42 Å². The highest BCUT2D eigenvalue weighted by atomic mass is 32.2. The molecule has 112 valence electrons. The lowest BCUT2D eigenvalue weighted by atomic mass is 9.83. The van der Waals surface area contributed by atoms with Crippen LogP contribution in [0.15, 0.2) is 35.2 Å². The van der Waals surface area contributed by atoms with Crippen LogP contribution in [0, 0.1) is 5.92 Å². The van der Waals surface area contributed by atoms with Crippen molar-refractivity contribution in [2.75, 3.05) is 7.05 Å². The molecule has 0 radical (unpaired) electrons. The number of hydrogen-bond acceptors (Lipinski definition) is 3. The maximum atomic E-state index is 12.9. The van der Waals surface area contributed by atoms with Gasteiger partial charge in [0.2, 0.25) is 0 Å². The molecular formula is C16H25NO2S. The van der Waals surface area contributed by atoms with E-state index in [2.05, 4.69) is 12.2 Å². The zero-order valence-electron chi connectivity index (χ0n) is 12.4. The van der Waals surface area contributed by atoms with Gasteiger partial charge < -0.3 is 5.32 Å². The zero-order chi connectivity index (χ0) is 14.6. The molecule has 0 aliphatic heterocycles. The first-order valence-electron chi connectivity index (χ1n) is 7.55. The topological polar surface area (TPSA) is 46.2 Å². The van der Waals surface area contributed by atoms with E-state index < -0.39 is 9.84 Å². The Morgan fingerprint density at radius 3 is 2.50 bits per heavy atom. The first-order valence-corrected chi connectivity index (χ1v) is 9.10. The molecule has 3 atom stereocenters. The summed E-state index contributed by atoms with van der Waals surface area (Å²) in [5, 5.41) is 2.92. The van der Waals surface area contributed by atoms with E-state index in [1.54, 1.807) is 24.3 Å². The van der Waals surface area contributed by atoms with Crippen molar-refractivity contribution in [2.45, 2.75) is 55.2 Å². The Morgan fingerprint density at radius 1 is 1.20 bits per heavy atom. The maximum absolute atomic E-state index is 12.9. The van der Waals surface area contributed by atoms with Gasteiger partial charge in [-0.3, -0.25) is 0 Å². The van der Waals surface area contributed by atoms with Crippen molar-refractivity contribution in [3.63, 3.8) is 0 Å². The Kier molecular flexibility index (Phi) is 5.22. The van der Waals surface area contributed by atoms with Gasteiger partial charge in [0.15, 0.2) is 9.84 Å². The lowest BCUT2D eigenvalue weighted by Gasteiger charge is -2.35. The lowest BCUT2D eigenvalue weighted by molar-refractivity contribution is 0.288. The van der Waals surface area contributed by atoms with Crippen LogP contribution in [-0.4, -0.2) is 26.8 Å². The normalized spacial score (nSPS) is 27.4. The number of benzene rings is 1. The maximum Gasteiger partial charge on any atom is 0.182 e. The van der Waals surface area contributed by atoms with Gasteiger partial charge in [0.25, 0.3) is 0 Å². The SMILES string of the molecule is CCCC1CCC(NC)C(S(=O)(=O)c2ccccc2)C1. The molecule has 0 aromatic heterocycles. The zero-order valence-corrected chi connectivity index (χ0v) is 13.2. The summed E-state index contributed by atoms with van der Waals surface area (Å²) < 4.78 is 25.7. The smallest absolute Gasteiger partial charge is 0.182 e. The molecule has 1 aliphatic rings. The van der Waals surface area contributed by atoms with Gasteiger partial charge in [0.1, 0.15) is 0 Å². The van der Waals surface area contributed by atoms with Crippen LogP contribution in [0.4, 0.5) is 0 Å². The molecule has 4 heteroatoms. The molecule has 0 bridgehead atoms. The van der Waals surface area contributed by atoms with Crippen molar-refractivity contribution in [1.29, 1.82) is 0 Å². The molecule has 1 saturated carbocycles. The number of nitrogens with one attached hydrogen (secondary N) is 1. The fourth-order valence-electron chi connectivity index (χ4n) is 3.34. The van der Waals surface area contributed by atoms with Gasteiger partial charge in [-0.1, -0.05) is 38.0 Å². The van der Waals surface area contributed by atoms with Crippen LogP contribution in [0.25, 0.3) is 0 Å². The van der Waals surface area contributed by atoms with E-state index in [1.807, 2.05) is 13.1 Å². The molecule has 1 fully saturated rings. The van der Waals surface area contributed by atoms with Crippen LogP contribution >= 0.6 is 0 Å². The molecule has 3 unspecified atom stereocenters. The first-order chi connectivity index (χ1) is 9.59. The second-order valence-electron chi connectivity index (χ2n) is 5.76. The lowest BCUT2D eigenvalue weighted by Crippen LogP contribution is -2.46. The molecule has 3 nitrogen and oxygen atoms in total. The van der Waals surface area contributed by atoms with Crippen molar-refractivity contribution in [3.05, 3.63) is 30.3 Å². The standard InChI is InChI=1S/C16H25NO2S/c1-3-7-13-10-11-15(17-2)16(12-13)20(18,19)14-8-5-4-6-9-14/h4-6,8-9,13,15-17H,3,7,10-12H2,1-2H3. The Hall–Kier alpha value is -0.870. The van der Waals surface area contributed by atoms with E-state index in [1.165, 1.54) is 0 Å². The molecule has 2 rings (SSSR count). The molecule has 0 amide bonds. The summed E-state index contributed by atoms with van der Waals surface area (Å²) in [6.07, 6.45) is 5.15. The minimum absolute atomic E-state index is 0.0771. The molecule has 1 aliphatic carbocycles. The number of rotatable bonds is 5. The van der Waals surface area contributed by atoms with E-state index in [-0.39, 0.29) is 11.3 Å². The predicted molar refractivity (Wildman–Crippen MR) is 82.5 cm³/mol. The fourth-order valence-corrected chi connectivity index (χ4v) is 5.46. The Balaban J connectivity index is 2.26. The molecule has 1 aromatic carbocycles. The summed E-state index contributed by atoms with van der Waals surface area (Å²) in [4.78, 5) is 0.461. The Morgan fingerprint density at radius 2 is 1.90 bits per heavy atom. The van der Waals surface area contributed by atoms with Crippen molar-refractivity contribution in [2.24, 2.45) is 5.92 Å². The van der Waals surface area contributed by atoms with Gasteiger partial charge in [0.05, 0.1) is 10.1 Å². The molecular weight excluding hydrogens is 270 g/mol. The van der Waals surface area contributed by atoms with Crippen LogP contribution in [0.3, 0.4) is 0 Å². The third-order valence-electron chi connectivity index (χ3n) is 4.44. The molecule has 1 aromatic rings. The van der Waals surface area contributed by atoms with E-state index in [0.29, 0.717) is 10.8 Å². The fraction of sp³-hybridized carbons (Fsp3) is 0.625. The molecule has 0 saturated heterocycles. The molecule has 1 N–H and O–H groups in total. The van der Waals surface area contributed by atoms with E-state index in [4.69, 9.17) is 0 Å². The summed E-state index contributed by atoms with van der Waals surface area (Å²) in [6, 6.07) is 8.96. The third-order valence-corrected chi connectivity index (χ3v) is 6.69. The van der Waals surface area contributed by atoms with Crippen molar-refractivity contribution >= 4 is 9.84 Å². The van der Waals surface area contributed by atoms with Crippen LogP contribution in [0.1, 0.15) is 39.0 Å². The van der Waals surface area contributed by atoms with Crippen LogP contribution < -0.4 is 5.32 Å². The highest BCUT2D eigenvalue weighted by Crippen LogP contribution is 2.34. The Labute approximate surface area is 122 Å². The monoisotopic (exact) mass is 295 g/mol. The number of hydrogen-bond donors (Lipinski definition) is 1. The summed E-state index contributed by atoms with van der Waals surface area (Å²) in [6.45, 7) is 2.17. The van der Waals surface area contributed by atoms with Crippen LogP contribution in [0.2, 0.25) is 0 Å². The summed E-state index contributed by atoms with van der Waals surface area (Å²) in [7, 11) is -1.36. The number of sulfone groups is 1. The predicted octanol–water partition coefficient (Wildman–Crippen LogP) is 3.02. The second-order valence-corrected chi connectivity index (χ2v) is 7.93. The third kappa shape index (κ3) is 3.23. The van der Waals surface area contributed by atoms with Gasteiger partial charge in [-0.25, -0.2) is 8.42 Å². The average Bonchev–Trinajstić information content (AvgIpc) is 2.48. The average molecular weight is 295 g/mol. The minimum Gasteiger partial charge on any atom is -0.316 e. The van der Waals surface area contributed by atoms with Crippen molar-refractivity contribution in [3.8, 4) is 0 Å². The van der Waals surface area contributed by atoms with Crippen LogP contribution in [-0.2, 0) is 9.84 Å². The molecule has 0 spiro atoms. The quantitative estimate of drug-likeness (QED) is 0.908. The molecule has 0 heterocycles. The summed E-state index contributed by atoms with van der Waals surface area (Å²) >= 11 is 0. The minimum atomic E-state index is -3.24. The summed E-state index contributed by atoms with van der Waals surface area (Å²) in [5.74, 6) is 0.549. The largest absolute Gasteiger partial charge is 0.316 e. The van der Waals surface area contributed by atoms with E-state index in [9.17, 15) is 8.42 Å². The van der Waals surface area contributed by atoms with Gasteiger partial charge in [-0.05, 0) is 44.4 Å². The summed E-state index contributed by atoms with van der Waals surface area (Å²) in [5.41, 5.74) is 0. The van der Waals surface area contributed by atoms with Gasteiger partial charge in [0, 0.05) is 6.04 Å². The van der Waals surface area contributed by atoms with Gasteiger partial charge in [-0.2, -0.15) is 0 Å². The second kappa shape index (κ2) is 6.72. The van der Waals surface area contributed by atoms with Crippen molar-refractivity contribution in [1.82, 2.24) is 5.32 Å². The van der Waals surface area contributed by atoms with E-state index in [0.717, 1.165) is 32.1 Å². The van der Waals surface area contributed by atoms with Gasteiger partial charge >= 0.3 is 0 Å². The highest BCUT2D eigenvalue weighted by Gasteiger charge is 2.38. The Bertz CT molecular complexity index is 513. The van der Waals surface area contributed by atoms with Crippen LogP contribution in [0.5, 0.6) is 0 Å². The molecule has 20 heavy (non-hydrogen) atoms. The van der Waals surface area contributed by atoms with E-state index >= 15 is 0 Å². The first kappa shape index (κ1) is 15.5. The van der Waals surface area contributed by atoms with Gasteiger partial charge in [-0.15, -0.1) is 0 Å².